The largest absolute Gasteiger partial charge is 0.465 e. The van der Waals surface area contributed by atoms with Crippen LogP contribution >= 0.6 is 0 Å². The molecule has 0 unspecified atom stereocenters. The predicted molar refractivity (Wildman–Crippen MR) is 75.2 cm³/mol. The first-order valence-corrected chi connectivity index (χ1v) is 6.77. The molecule has 0 atom stereocenters. The summed E-state index contributed by atoms with van der Waals surface area (Å²) in [6.45, 7) is 1.26. The summed E-state index contributed by atoms with van der Waals surface area (Å²) in [5.41, 5.74) is 0. The number of likely N-dealkylation sites (tertiary alicyclic amines) is 1. The molecule has 0 aliphatic carbocycles. The minimum atomic E-state index is -0.834. The lowest BCUT2D eigenvalue weighted by atomic mass is 10.1. The molecule has 0 bridgehead atoms. The van der Waals surface area contributed by atoms with Crippen molar-refractivity contribution in [2.24, 2.45) is 0 Å². The van der Waals surface area contributed by atoms with Gasteiger partial charge in [0, 0.05) is 19.2 Å². The minimum Gasteiger partial charge on any atom is -0.465 e. The number of nitrogens with one attached hydrogen (secondary N) is 2. The number of rotatable bonds is 2. The van der Waals surface area contributed by atoms with Crippen molar-refractivity contribution in [3.05, 3.63) is 30.2 Å². The van der Waals surface area contributed by atoms with Gasteiger partial charge in [0.2, 0.25) is 0 Å². The third kappa shape index (κ3) is 4.79. The Morgan fingerprint density at radius 1 is 1.14 bits per heavy atom. The van der Waals surface area contributed by atoms with Gasteiger partial charge in [0.15, 0.2) is 0 Å². The molecule has 7 nitrogen and oxygen atoms in total. The highest BCUT2D eigenvalue weighted by atomic mass is 16.3. The van der Waals surface area contributed by atoms with Gasteiger partial charge in [0.1, 0.15) is 5.76 Å². The van der Waals surface area contributed by atoms with Crippen molar-refractivity contribution in [3.63, 3.8) is 0 Å². The number of hydrogen-bond acceptors (Lipinski definition) is 4. The fourth-order valence-electron chi connectivity index (χ4n) is 2.00. The van der Waals surface area contributed by atoms with Crippen LogP contribution in [0.1, 0.15) is 25.0 Å². The zero-order valence-electron chi connectivity index (χ0n) is 11.5. The lowest BCUT2D eigenvalue weighted by molar-refractivity contribution is -0.115. The number of amides is 5. The number of hydrogen-bond donors (Lipinski definition) is 2. The van der Waals surface area contributed by atoms with E-state index < -0.39 is 18.0 Å². The smallest absolute Gasteiger partial charge is 0.329 e. The Morgan fingerprint density at radius 2 is 1.90 bits per heavy atom. The summed E-state index contributed by atoms with van der Waals surface area (Å²) in [5.74, 6) is -0.134. The van der Waals surface area contributed by atoms with Crippen LogP contribution in [0.15, 0.2) is 28.9 Å². The maximum atomic E-state index is 11.7. The van der Waals surface area contributed by atoms with Gasteiger partial charge in [0.05, 0.1) is 6.26 Å². The van der Waals surface area contributed by atoms with Gasteiger partial charge in [-0.3, -0.25) is 15.4 Å². The fourth-order valence-corrected chi connectivity index (χ4v) is 2.00. The van der Waals surface area contributed by atoms with Crippen LogP contribution in [0.25, 0.3) is 6.08 Å². The second-order valence-electron chi connectivity index (χ2n) is 4.64. The second-order valence-corrected chi connectivity index (χ2v) is 4.64. The zero-order chi connectivity index (χ0) is 15.1. The predicted octanol–water partition coefficient (Wildman–Crippen LogP) is 1.72. The van der Waals surface area contributed by atoms with Gasteiger partial charge in [-0.05, 0) is 37.5 Å². The monoisotopic (exact) mass is 291 g/mol. The van der Waals surface area contributed by atoms with Crippen molar-refractivity contribution in [2.45, 2.75) is 19.3 Å². The van der Waals surface area contributed by atoms with Crippen LogP contribution in [0.3, 0.4) is 0 Å². The highest BCUT2D eigenvalue weighted by molar-refractivity contribution is 6.06. The van der Waals surface area contributed by atoms with Crippen LogP contribution in [-0.2, 0) is 4.79 Å². The first kappa shape index (κ1) is 14.8. The van der Waals surface area contributed by atoms with Gasteiger partial charge in [-0.2, -0.15) is 0 Å². The Morgan fingerprint density at radius 3 is 2.57 bits per heavy atom. The molecule has 0 saturated carbocycles. The van der Waals surface area contributed by atoms with Crippen molar-refractivity contribution >= 4 is 24.0 Å². The standard InChI is InChI=1S/C14H17N3O4/c18-12(7-6-11-5-4-10-21-11)15-13(19)16-14(20)17-8-2-1-3-9-17/h4-7,10H,1-3,8-9H2,(H2,15,16,18,19,20)/b7-6-. The summed E-state index contributed by atoms with van der Waals surface area (Å²) in [5, 5.41) is 4.18. The van der Waals surface area contributed by atoms with Gasteiger partial charge >= 0.3 is 12.1 Å². The van der Waals surface area contributed by atoms with Crippen molar-refractivity contribution in [1.29, 1.82) is 0 Å². The van der Waals surface area contributed by atoms with E-state index in [-0.39, 0.29) is 0 Å². The molecule has 1 fully saturated rings. The number of furan rings is 1. The molecule has 7 heteroatoms. The molecular weight excluding hydrogens is 274 g/mol. The fraction of sp³-hybridized carbons (Fsp3) is 0.357. The van der Waals surface area contributed by atoms with E-state index in [1.807, 2.05) is 5.32 Å². The lowest BCUT2D eigenvalue weighted by Gasteiger charge is -2.26. The molecule has 1 aliphatic rings. The zero-order valence-corrected chi connectivity index (χ0v) is 11.5. The normalized spacial score (nSPS) is 15.0. The molecule has 2 rings (SSSR count). The summed E-state index contributed by atoms with van der Waals surface area (Å²) >= 11 is 0. The van der Waals surface area contributed by atoms with E-state index in [4.69, 9.17) is 4.42 Å². The van der Waals surface area contributed by atoms with Crippen molar-refractivity contribution < 1.29 is 18.8 Å². The summed E-state index contributed by atoms with van der Waals surface area (Å²) in [7, 11) is 0. The summed E-state index contributed by atoms with van der Waals surface area (Å²) in [6, 6.07) is 2.04. The number of carbonyl (C=O) groups excluding carboxylic acids is 3. The van der Waals surface area contributed by atoms with Crippen LogP contribution < -0.4 is 10.6 Å². The van der Waals surface area contributed by atoms with E-state index in [9.17, 15) is 14.4 Å². The van der Waals surface area contributed by atoms with Crippen molar-refractivity contribution in [3.8, 4) is 0 Å². The van der Waals surface area contributed by atoms with E-state index in [0.29, 0.717) is 18.8 Å². The molecule has 2 heterocycles. The molecule has 0 radical (unpaired) electrons. The van der Waals surface area contributed by atoms with Crippen LogP contribution in [0, 0.1) is 0 Å². The van der Waals surface area contributed by atoms with Crippen LogP contribution in [0.5, 0.6) is 0 Å². The SMILES string of the molecule is O=C(/C=C\c1ccco1)NC(=O)NC(=O)N1CCCCC1. The van der Waals surface area contributed by atoms with Crippen LogP contribution in [0.2, 0.25) is 0 Å². The van der Waals surface area contributed by atoms with Gasteiger partial charge in [-0.25, -0.2) is 9.59 Å². The lowest BCUT2D eigenvalue weighted by Crippen LogP contribution is -2.49. The van der Waals surface area contributed by atoms with Crippen LogP contribution in [0.4, 0.5) is 9.59 Å². The maximum absolute atomic E-state index is 11.7. The molecular formula is C14H17N3O4. The second kappa shape index (κ2) is 7.28. The number of nitrogens with zero attached hydrogens (tertiary/aromatic N) is 1. The summed E-state index contributed by atoms with van der Waals surface area (Å²) < 4.78 is 5.00. The molecule has 112 valence electrons. The molecule has 1 aromatic rings. The molecule has 1 saturated heterocycles. The van der Waals surface area contributed by atoms with E-state index in [1.54, 1.807) is 17.0 Å². The van der Waals surface area contributed by atoms with Gasteiger partial charge < -0.3 is 9.32 Å². The van der Waals surface area contributed by atoms with Crippen molar-refractivity contribution in [2.75, 3.05) is 13.1 Å². The van der Waals surface area contributed by atoms with Crippen LogP contribution in [-0.4, -0.2) is 36.0 Å². The molecule has 0 spiro atoms. The summed E-state index contributed by atoms with van der Waals surface area (Å²) in [4.78, 5) is 36.3. The van der Waals surface area contributed by atoms with Gasteiger partial charge in [-0.15, -0.1) is 0 Å². The minimum absolute atomic E-state index is 0.477. The Bertz CT molecular complexity index is 530. The summed E-state index contributed by atoms with van der Waals surface area (Å²) in [6.07, 6.45) is 7.01. The van der Waals surface area contributed by atoms with Gasteiger partial charge in [-0.1, -0.05) is 0 Å². The number of piperidine rings is 1. The highest BCUT2D eigenvalue weighted by Crippen LogP contribution is 2.08. The first-order chi connectivity index (χ1) is 10.1. The molecule has 1 aromatic heterocycles. The average molecular weight is 291 g/mol. The molecule has 1 aliphatic heterocycles. The van der Waals surface area contributed by atoms with E-state index in [1.165, 1.54) is 12.3 Å². The molecule has 0 aromatic carbocycles. The Labute approximate surface area is 122 Å². The highest BCUT2D eigenvalue weighted by Gasteiger charge is 2.18. The third-order valence-corrected chi connectivity index (χ3v) is 3.04. The molecule has 2 N–H and O–H groups in total. The number of urea groups is 2. The Kier molecular flexibility index (Phi) is 5.14. The quantitative estimate of drug-likeness (QED) is 0.812. The van der Waals surface area contributed by atoms with E-state index in [2.05, 4.69) is 5.32 Å². The number of imide groups is 2. The Balaban J connectivity index is 1.75. The molecule has 21 heavy (non-hydrogen) atoms. The average Bonchev–Trinajstić information content (AvgIpc) is 2.99. The van der Waals surface area contributed by atoms with E-state index in [0.717, 1.165) is 25.3 Å². The Hall–Kier alpha value is -2.57. The van der Waals surface area contributed by atoms with Gasteiger partial charge in [0.25, 0.3) is 5.91 Å². The maximum Gasteiger partial charge on any atom is 0.329 e. The van der Waals surface area contributed by atoms with E-state index >= 15 is 0 Å². The topological polar surface area (TPSA) is 91.6 Å². The number of carbonyl (C=O) groups is 3. The first-order valence-electron chi connectivity index (χ1n) is 6.77. The third-order valence-electron chi connectivity index (χ3n) is 3.04. The van der Waals surface area contributed by atoms with Crippen molar-refractivity contribution in [1.82, 2.24) is 15.5 Å². The molecule has 5 amide bonds.